The van der Waals surface area contributed by atoms with E-state index in [1.165, 1.54) is 0 Å². The van der Waals surface area contributed by atoms with Crippen LogP contribution < -0.4 is 5.32 Å². The zero-order valence-corrected chi connectivity index (χ0v) is 16.5. The molecule has 0 saturated heterocycles. The van der Waals surface area contributed by atoms with Crippen LogP contribution in [0.15, 0.2) is 48.7 Å². The first-order chi connectivity index (χ1) is 12.8. The van der Waals surface area contributed by atoms with Crippen molar-refractivity contribution in [1.29, 1.82) is 0 Å². The molecule has 1 N–H and O–H groups in total. The highest BCUT2D eigenvalue weighted by Crippen LogP contribution is 2.09. The number of aryl methyl sites for hydroxylation is 1. The standard InChI is InChI=1S/C21H28N4O2/c1-16(2)25(13-18-8-6-5-7-9-18)21(27)15-24(4)14-20(26)23-19-11-10-17(3)12-22-19/h5-12,16H,13-15H2,1-4H3,(H,22,23,26). The normalized spacial score (nSPS) is 10.9. The molecular formula is C21H28N4O2. The van der Waals surface area contributed by atoms with Gasteiger partial charge in [-0.2, -0.15) is 0 Å². The second-order valence-corrected chi connectivity index (χ2v) is 7.04. The lowest BCUT2D eigenvalue weighted by molar-refractivity contribution is -0.134. The number of carbonyl (C=O) groups is 2. The van der Waals surface area contributed by atoms with Crippen molar-refractivity contribution in [3.63, 3.8) is 0 Å². The summed E-state index contributed by atoms with van der Waals surface area (Å²) in [5.74, 6) is 0.316. The third-order valence-electron chi connectivity index (χ3n) is 4.14. The maximum absolute atomic E-state index is 12.7. The molecule has 0 unspecified atom stereocenters. The molecule has 144 valence electrons. The van der Waals surface area contributed by atoms with Crippen LogP contribution in [0.4, 0.5) is 5.82 Å². The van der Waals surface area contributed by atoms with E-state index in [9.17, 15) is 9.59 Å². The summed E-state index contributed by atoms with van der Waals surface area (Å²) in [5, 5.41) is 2.75. The molecule has 0 atom stereocenters. The Morgan fingerprint density at radius 1 is 1.07 bits per heavy atom. The second-order valence-electron chi connectivity index (χ2n) is 7.04. The van der Waals surface area contributed by atoms with Gasteiger partial charge in [0, 0.05) is 18.8 Å². The predicted molar refractivity (Wildman–Crippen MR) is 107 cm³/mol. The zero-order chi connectivity index (χ0) is 19.8. The first-order valence-corrected chi connectivity index (χ1v) is 9.09. The van der Waals surface area contributed by atoms with Gasteiger partial charge in [-0.15, -0.1) is 0 Å². The van der Waals surface area contributed by atoms with Crippen molar-refractivity contribution in [1.82, 2.24) is 14.8 Å². The molecule has 0 aliphatic carbocycles. The first-order valence-electron chi connectivity index (χ1n) is 9.09. The van der Waals surface area contributed by atoms with Crippen molar-refractivity contribution in [3.8, 4) is 0 Å². The van der Waals surface area contributed by atoms with E-state index in [1.807, 2.05) is 62.1 Å². The number of nitrogens with one attached hydrogen (secondary N) is 1. The smallest absolute Gasteiger partial charge is 0.239 e. The van der Waals surface area contributed by atoms with Gasteiger partial charge in [0.1, 0.15) is 5.82 Å². The zero-order valence-electron chi connectivity index (χ0n) is 16.5. The molecule has 2 amide bonds. The SMILES string of the molecule is Cc1ccc(NC(=O)CN(C)CC(=O)N(Cc2ccccc2)C(C)C)nc1. The molecule has 27 heavy (non-hydrogen) atoms. The molecule has 0 radical (unpaired) electrons. The number of nitrogens with zero attached hydrogens (tertiary/aromatic N) is 3. The van der Waals surface area contributed by atoms with Crippen molar-refractivity contribution in [2.45, 2.75) is 33.4 Å². The van der Waals surface area contributed by atoms with Crippen molar-refractivity contribution in [3.05, 3.63) is 59.8 Å². The Kier molecular flexibility index (Phi) is 7.49. The quantitative estimate of drug-likeness (QED) is 0.778. The Hall–Kier alpha value is -2.73. The van der Waals surface area contributed by atoms with E-state index >= 15 is 0 Å². The van der Waals surface area contributed by atoms with Gasteiger partial charge in [-0.3, -0.25) is 14.5 Å². The maximum atomic E-state index is 12.7. The van der Waals surface area contributed by atoms with Gasteiger partial charge in [-0.1, -0.05) is 36.4 Å². The molecule has 0 spiro atoms. The number of aromatic nitrogens is 1. The Morgan fingerprint density at radius 3 is 2.37 bits per heavy atom. The lowest BCUT2D eigenvalue weighted by atomic mass is 10.2. The minimum Gasteiger partial charge on any atom is -0.335 e. The number of carbonyl (C=O) groups excluding carboxylic acids is 2. The summed E-state index contributed by atoms with van der Waals surface area (Å²) >= 11 is 0. The Bertz CT molecular complexity index is 745. The summed E-state index contributed by atoms with van der Waals surface area (Å²) in [6.45, 7) is 6.80. The molecule has 0 aliphatic rings. The van der Waals surface area contributed by atoms with Crippen LogP contribution in [-0.4, -0.2) is 52.8 Å². The Morgan fingerprint density at radius 2 is 1.78 bits per heavy atom. The van der Waals surface area contributed by atoms with Crippen LogP contribution in [0.3, 0.4) is 0 Å². The average Bonchev–Trinajstić information content (AvgIpc) is 2.62. The van der Waals surface area contributed by atoms with E-state index in [2.05, 4.69) is 10.3 Å². The van der Waals surface area contributed by atoms with Crippen LogP contribution in [0.5, 0.6) is 0 Å². The topological polar surface area (TPSA) is 65.5 Å². The van der Waals surface area contributed by atoms with E-state index in [-0.39, 0.29) is 30.9 Å². The van der Waals surface area contributed by atoms with E-state index in [1.54, 1.807) is 24.2 Å². The van der Waals surface area contributed by atoms with Crippen molar-refractivity contribution >= 4 is 17.6 Å². The van der Waals surface area contributed by atoms with Crippen LogP contribution in [0.1, 0.15) is 25.0 Å². The highest BCUT2D eigenvalue weighted by molar-refractivity contribution is 5.91. The summed E-state index contributed by atoms with van der Waals surface area (Å²) in [6, 6.07) is 13.6. The Labute approximate surface area is 161 Å². The first kappa shape index (κ1) is 20.6. The minimum absolute atomic E-state index is 0.00221. The largest absolute Gasteiger partial charge is 0.335 e. The van der Waals surface area contributed by atoms with E-state index in [0.717, 1.165) is 11.1 Å². The number of hydrogen-bond acceptors (Lipinski definition) is 4. The van der Waals surface area contributed by atoms with Crippen molar-refractivity contribution < 1.29 is 9.59 Å². The fourth-order valence-corrected chi connectivity index (χ4v) is 2.69. The third kappa shape index (κ3) is 6.83. The predicted octanol–water partition coefficient (Wildman–Crippen LogP) is 2.70. The molecule has 6 nitrogen and oxygen atoms in total. The second kappa shape index (κ2) is 9.83. The van der Waals surface area contributed by atoms with Crippen LogP contribution in [0.2, 0.25) is 0 Å². The molecule has 1 aromatic carbocycles. The molecular weight excluding hydrogens is 340 g/mol. The summed E-state index contributed by atoms with van der Waals surface area (Å²) in [5.41, 5.74) is 2.12. The average molecular weight is 368 g/mol. The summed E-state index contributed by atoms with van der Waals surface area (Å²) in [7, 11) is 1.76. The van der Waals surface area contributed by atoms with Crippen LogP contribution in [-0.2, 0) is 16.1 Å². The van der Waals surface area contributed by atoms with Gasteiger partial charge in [-0.25, -0.2) is 4.98 Å². The van der Waals surface area contributed by atoms with Crippen LogP contribution in [0, 0.1) is 6.92 Å². The highest BCUT2D eigenvalue weighted by atomic mass is 16.2. The number of likely N-dealkylation sites (N-methyl/N-ethyl adjacent to an activating group) is 1. The summed E-state index contributed by atoms with van der Waals surface area (Å²) in [6.07, 6.45) is 1.70. The molecule has 1 aromatic heterocycles. The molecule has 0 saturated carbocycles. The Balaban J connectivity index is 1.88. The third-order valence-corrected chi connectivity index (χ3v) is 4.14. The highest BCUT2D eigenvalue weighted by Gasteiger charge is 2.20. The van der Waals surface area contributed by atoms with Gasteiger partial charge in [0.15, 0.2) is 0 Å². The summed E-state index contributed by atoms with van der Waals surface area (Å²) in [4.78, 5) is 32.6. The van der Waals surface area contributed by atoms with E-state index < -0.39 is 0 Å². The fourth-order valence-electron chi connectivity index (χ4n) is 2.69. The van der Waals surface area contributed by atoms with Crippen molar-refractivity contribution in [2.75, 3.05) is 25.5 Å². The van der Waals surface area contributed by atoms with E-state index in [0.29, 0.717) is 12.4 Å². The molecule has 0 bridgehead atoms. The van der Waals surface area contributed by atoms with Gasteiger partial charge < -0.3 is 10.2 Å². The van der Waals surface area contributed by atoms with Gasteiger partial charge >= 0.3 is 0 Å². The number of anilines is 1. The number of hydrogen-bond donors (Lipinski definition) is 1. The molecule has 1 heterocycles. The van der Waals surface area contributed by atoms with Gasteiger partial charge in [0.05, 0.1) is 13.1 Å². The lowest BCUT2D eigenvalue weighted by Gasteiger charge is -2.29. The van der Waals surface area contributed by atoms with Gasteiger partial charge in [0.2, 0.25) is 11.8 Å². The van der Waals surface area contributed by atoms with Gasteiger partial charge in [-0.05, 0) is 45.0 Å². The molecule has 0 fully saturated rings. The maximum Gasteiger partial charge on any atom is 0.239 e. The monoisotopic (exact) mass is 368 g/mol. The number of benzene rings is 1. The molecule has 6 heteroatoms. The minimum atomic E-state index is -0.194. The molecule has 2 rings (SSSR count). The fraction of sp³-hybridized carbons (Fsp3) is 0.381. The number of amides is 2. The lowest BCUT2D eigenvalue weighted by Crippen LogP contribution is -2.44. The molecule has 0 aliphatic heterocycles. The molecule has 2 aromatic rings. The van der Waals surface area contributed by atoms with Crippen LogP contribution in [0.25, 0.3) is 0 Å². The number of rotatable bonds is 8. The van der Waals surface area contributed by atoms with Crippen LogP contribution >= 0.6 is 0 Å². The van der Waals surface area contributed by atoms with E-state index in [4.69, 9.17) is 0 Å². The van der Waals surface area contributed by atoms with Crippen molar-refractivity contribution in [2.24, 2.45) is 0 Å². The van der Waals surface area contributed by atoms with Gasteiger partial charge in [0.25, 0.3) is 0 Å². The number of pyridine rings is 1. The summed E-state index contributed by atoms with van der Waals surface area (Å²) < 4.78 is 0.